The number of aromatic nitrogens is 2. The summed E-state index contributed by atoms with van der Waals surface area (Å²) in [5.74, 6) is -0.624. The van der Waals surface area contributed by atoms with Crippen LogP contribution in [0.2, 0.25) is 0 Å². The van der Waals surface area contributed by atoms with E-state index in [2.05, 4.69) is 20.3 Å². The highest BCUT2D eigenvalue weighted by atomic mass is 19.1. The molecule has 0 amide bonds. The van der Waals surface area contributed by atoms with E-state index < -0.39 is 5.82 Å². The molecule has 2 aromatic carbocycles. The van der Waals surface area contributed by atoms with Crippen molar-refractivity contribution in [2.75, 3.05) is 20.3 Å². The van der Waals surface area contributed by atoms with E-state index in [-0.39, 0.29) is 29.1 Å². The quantitative estimate of drug-likeness (QED) is 0.402. The topological polar surface area (TPSA) is 96.7 Å². The zero-order valence-electron chi connectivity index (χ0n) is 17.3. The maximum atomic E-state index is 15.1. The largest absolute Gasteiger partial charge is 0.470 e. The highest BCUT2D eigenvalue weighted by molar-refractivity contribution is 6.45. The van der Waals surface area contributed by atoms with Gasteiger partial charge in [0.25, 0.3) is 17.7 Å². The van der Waals surface area contributed by atoms with Crippen molar-refractivity contribution in [1.29, 1.82) is 0 Å². The summed E-state index contributed by atoms with van der Waals surface area (Å²) in [6.45, 7) is 2.46. The van der Waals surface area contributed by atoms with Crippen molar-refractivity contribution in [3.8, 4) is 23.3 Å². The molecule has 0 N–H and O–H groups in total. The Labute approximate surface area is 183 Å². The number of benzene rings is 2. The fourth-order valence-electron chi connectivity index (χ4n) is 2.82. The average Bonchev–Trinajstić information content (AvgIpc) is 2.82. The van der Waals surface area contributed by atoms with Crippen molar-refractivity contribution >= 4 is 11.6 Å². The number of para-hydroxylation sites is 2. The van der Waals surface area contributed by atoms with Crippen LogP contribution in [0.4, 0.5) is 4.39 Å². The molecule has 0 unspecified atom stereocenters. The molecule has 10 heteroatoms. The summed E-state index contributed by atoms with van der Waals surface area (Å²) in [7, 11) is 1.38. The third-order valence-corrected chi connectivity index (χ3v) is 4.32. The summed E-state index contributed by atoms with van der Waals surface area (Å²) >= 11 is 0. The molecule has 2 heterocycles. The van der Waals surface area contributed by atoms with Crippen LogP contribution in [0.25, 0.3) is 0 Å². The average molecular weight is 438 g/mol. The van der Waals surface area contributed by atoms with Crippen molar-refractivity contribution in [3.05, 3.63) is 71.8 Å². The molecule has 1 aliphatic rings. The van der Waals surface area contributed by atoms with Gasteiger partial charge in [-0.15, -0.1) is 0 Å². The molecular weight excluding hydrogens is 419 g/mol. The van der Waals surface area contributed by atoms with Crippen LogP contribution in [-0.4, -0.2) is 41.9 Å². The number of ether oxygens (including phenoxy) is 3. The maximum absolute atomic E-state index is 15.1. The fraction of sp³-hybridized carbons (Fsp3) is 0.182. The van der Waals surface area contributed by atoms with Crippen molar-refractivity contribution in [2.45, 2.75) is 6.92 Å². The lowest BCUT2D eigenvalue weighted by molar-refractivity contribution is 0.0672. The summed E-state index contributed by atoms with van der Waals surface area (Å²) in [5.41, 5.74) is 1.47. The second-order valence-electron chi connectivity index (χ2n) is 6.46. The monoisotopic (exact) mass is 438 g/mol. The molecule has 164 valence electrons. The molecule has 4 rings (SSSR count). The Bertz CT molecular complexity index is 1170. The van der Waals surface area contributed by atoms with Gasteiger partial charge >= 0.3 is 0 Å². The summed E-state index contributed by atoms with van der Waals surface area (Å²) < 4.78 is 32.0. The van der Waals surface area contributed by atoms with Crippen LogP contribution in [0.15, 0.2) is 65.2 Å². The highest BCUT2D eigenvalue weighted by Crippen LogP contribution is 2.32. The third kappa shape index (κ3) is 4.59. The summed E-state index contributed by atoms with van der Waals surface area (Å²) in [5, 5.41) is 7.84. The Hall–Kier alpha value is -4.21. The van der Waals surface area contributed by atoms with Crippen LogP contribution in [0.1, 0.15) is 11.1 Å². The molecular formula is C22H19FN4O5. The molecule has 0 bridgehead atoms. The molecule has 0 fully saturated rings. The Morgan fingerprint density at radius 3 is 2.34 bits per heavy atom. The molecule has 1 aliphatic heterocycles. The lowest BCUT2D eigenvalue weighted by atomic mass is 10.1. The predicted octanol–water partition coefficient (Wildman–Crippen LogP) is 4.22. The first-order chi connectivity index (χ1) is 15.7. The molecule has 0 radical (unpaired) electrons. The number of hydrogen-bond donors (Lipinski definition) is 0. The van der Waals surface area contributed by atoms with E-state index in [0.717, 1.165) is 11.9 Å². The van der Waals surface area contributed by atoms with E-state index in [9.17, 15) is 0 Å². The molecule has 0 spiro atoms. The number of nitrogens with zero attached hydrogens (tertiary/aromatic N) is 4. The van der Waals surface area contributed by atoms with Gasteiger partial charge in [0.2, 0.25) is 5.82 Å². The van der Waals surface area contributed by atoms with Crippen LogP contribution < -0.4 is 9.47 Å². The summed E-state index contributed by atoms with van der Waals surface area (Å²) in [6, 6.07) is 14.0. The van der Waals surface area contributed by atoms with Gasteiger partial charge in [0.1, 0.15) is 31.5 Å². The smallest absolute Gasteiger partial charge is 0.280 e. The number of rotatable bonds is 7. The van der Waals surface area contributed by atoms with Crippen LogP contribution in [-0.2, 0) is 14.4 Å². The van der Waals surface area contributed by atoms with Crippen molar-refractivity contribution in [1.82, 2.24) is 9.97 Å². The Balaban J connectivity index is 1.66. The molecule has 9 nitrogen and oxygen atoms in total. The molecule has 3 aromatic rings. The minimum Gasteiger partial charge on any atom is -0.470 e. The number of oxime groups is 2. The second-order valence-corrected chi connectivity index (χ2v) is 6.46. The van der Waals surface area contributed by atoms with E-state index >= 15 is 4.39 Å². The summed E-state index contributed by atoms with van der Waals surface area (Å²) in [4.78, 5) is 17.8. The SMILES string of the molecule is CO/N=C(\C1=NOCCO1)c1ccccc1Oc1ncnc(Oc2ccccc2C)c1F. The first-order valence-corrected chi connectivity index (χ1v) is 9.63. The highest BCUT2D eigenvalue weighted by Gasteiger charge is 2.24. The molecule has 1 aromatic heterocycles. The first-order valence-electron chi connectivity index (χ1n) is 9.63. The lowest BCUT2D eigenvalue weighted by Gasteiger charge is -2.17. The van der Waals surface area contributed by atoms with E-state index in [1.54, 1.807) is 36.4 Å². The van der Waals surface area contributed by atoms with Gasteiger partial charge in [0, 0.05) is 0 Å². The van der Waals surface area contributed by atoms with Gasteiger partial charge in [0.15, 0.2) is 12.3 Å². The van der Waals surface area contributed by atoms with Crippen molar-refractivity contribution < 1.29 is 28.3 Å². The van der Waals surface area contributed by atoms with E-state index in [1.165, 1.54) is 7.11 Å². The van der Waals surface area contributed by atoms with Gasteiger partial charge in [0.05, 0.1) is 5.56 Å². The van der Waals surface area contributed by atoms with Crippen LogP contribution in [0, 0.1) is 12.7 Å². The number of aryl methyl sites for hydroxylation is 1. The third-order valence-electron chi connectivity index (χ3n) is 4.32. The summed E-state index contributed by atoms with van der Waals surface area (Å²) in [6.07, 6.45) is 1.15. The van der Waals surface area contributed by atoms with E-state index in [4.69, 9.17) is 23.9 Å². The van der Waals surface area contributed by atoms with Gasteiger partial charge in [-0.3, -0.25) is 0 Å². The molecule has 0 saturated carbocycles. The Morgan fingerprint density at radius 2 is 1.66 bits per heavy atom. The lowest BCUT2D eigenvalue weighted by Crippen LogP contribution is -2.25. The molecule has 0 saturated heterocycles. The van der Waals surface area contributed by atoms with Crippen LogP contribution >= 0.6 is 0 Å². The van der Waals surface area contributed by atoms with Gasteiger partial charge < -0.3 is 23.9 Å². The standard InChI is InChI=1S/C22H19FN4O5/c1-14-7-3-5-9-16(14)31-20-18(23)21(25-13-24-20)32-17-10-6-4-8-15(17)19(26-28-2)22-27-30-12-11-29-22/h3-10,13H,11-12H2,1-2H3/b26-19-. The molecule has 0 atom stereocenters. The van der Waals surface area contributed by atoms with Crippen molar-refractivity contribution in [2.24, 2.45) is 10.3 Å². The second kappa shape index (κ2) is 9.73. The Morgan fingerprint density at radius 1 is 0.969 bits per heavy atom. The minimum absolute atomic E-state index is 0.112. The number of halogens is 1. The first kappa shape index (κ1) is 21.0. The van der Waals surface area contributed by atoms with Gasteiger partial charge in [-0.05, 0) is 35.8 Å². The maximum Gasteiger partial charge on any atom is 0.280 e. The van der Waals surface area contributed by atoms with E-state index in [1.807, 2.05) is 19.1 Å². The zero-order valence-corrected chi connectivity index (χ0v) is 17.3. The Kier molecular flexibility index (Phi) is 6.40. The van der Waals surface area contributed by atoms with Gasteiger partial charge in [-0.1, -0.05) is 35.5 Å². The normalized spacial score (nSPS) is 13.5. The van der Waals surface area contributed by atoms with Crippen LogP contribution in [0.5, 0.6) is 23.3 Å². The van der Waals surface area contributed by atoms with E-state index in [0.29, 0.717) is 24.5 Å². The number of hydrogen-bond acceptors (Lipinski definition) is 9. The molecule has 32 heavy (non-hydrogen) atoms. The van der Waals surface area contributed by atoms with Gasteiger partial charge in [-0.2, -0.15) is 14.4 Å². The fourth-order valence-corrected chi connectivity index (χ4v) is 2.82. The van der Waals surface area contributed by atoms with Gasteiger partial charge in [-0.25, -0.2) is 0 Å². The van der Waals surface area contributed by atoms with Crippen molar-refractivity contribution in [3.63, 3.8) is 0 Å². The minimum atomic E-state index is -0.856. The molecule has 0 aliphatic carbocycles. The van der Waals surface area contributed by atoms with Crippen LogP contribution in [0.3, 0.4) is 0 Å². The zero-order chi connectivity index (χ0) is 22.3. The predicted molar refractivity (Wildman–Crippen MR) is 113 cm³/mol.